The molecule has 3 unspecified atom stereocenters. The molecule has 1 aromatic heterocycles. The molecule has 0 saturated heterocycles. The molecule has 3 atom stereocenters. The Balaban J connectivity index is 2.22. The minimum absolute atomic E-state index is 0.0691. The van der Waals surface area contributed by atoms with Crippen LogP contribution >= 0.6 is 0 Å². The average Bonchev–Trinajstić information content (AvgIpc) is 2.74. The van der Waals surface area contributed by atoms with Crippen molar-refractivity contribution < 1.29 is 14.6 Å². The van der Waals surface area contributed by atoms with E-state index in [2.05, 4.69) is 5.10 Å². The lowest BCUT2D eigenvalue weighted by Gasteiger charge is -2.28. The van der Waals surface area contributed by atoms with Gasteiger partial charge in [-0.15, -0.1) is 0 Å². The molecule has 1 heterocycles. The number of carbonyl (C=O) groups is 1. The molecule has 1 aliphatic carbocycles. The van der Waals surface area contributed by atoms with Crippen molar-refractivity contribution in [3.8, 4) is 0 Å². The molecule has 0 aromatic carbocycles. The summed E-state index contributed by atoms with van der Waals surface area (Å²) < 4.78 is 6.77. The first kappa shape index (κ1) is 16.0. The Morgan fingerprint density at radius 1 is 1.43 bits per heavy atom. The number of methoxy groups -OCH3 is 1. The zero-order chi connectivity index (χ0) is 15.6. The van der Waals surface area contributed by atoms with Crippen molar-refractivity contribution in [2.75, 3.05) is 7.11 Å². The fourth-order valence-corrected chi connectivity index (χ4v) is 3.28. The number of aliphatic hydroxyl groups is 1. The van der Waals surface area contributed by atoms with Crippen LogP contribution < -0.4 is 0 Å². The van der Waals surface area contributed by atoms with Crippen molar-refractivity contribution in [1.82, 2.24) is 9.78 Å². The van der Waals surface area contributed by atoms with E-state index in [-0.39, 0.29) is 24.0 Å². The Bertz CT molecular complexity index is 510. The Kier molecular flexibility index (Phi) is 5.04. The number of aryl methyl sites for hydroxylation is 1. The number of rotatable bonds is 4. The fraction of sp³-hybridized carbons (Fsp3) is 0.750. The molecule has 0 aliphatic heterocycles. The van der Waals surface area contributed by atoms with Crippen LogP contribution in [-0.2, 0) is 16.0 Å². The predicted molar refractivity (Wildman–Crippen MR) is 80.1 cm³/mol. The van der Waals surface area contributed by atoms with Gasteiger partial charge in [0.05, 0.1) is 30.9 Å². The molecular weight excluding hydrogens is 268 g/mol. The van der Waals surface area contributed by atoms with Gasteiger partial charge in [-0.2, -0.15) is 5.10 Å². The highest BCUT2D eigenvalue weighted by atomic mass is 16.5. The summed E-state index contributed by atoms with van der Waals surface area (Å²) in [6.07, 6.45) is 4.35. The van der Waals surface area contributed by atoms with Crippen LogP contribution in [0, 0.1) is 19.8 Å². The van der Waals surface area contributed by atoms with Crippen molar-refractivity contribution >= 4 is 5.97 Å². The van der Waals surface area contributed by atoms with Gasteiger partial charge in [0.2, 0.25) is 0 Å². The number of hydrogen-bond donors (Lipinski definition) is 1. The first-order valence-corrected chi connectivity index (χ1v) is 7.76. The number of esters is 1. The van der Waals surface area contributed by atoms with Crippen LogP contribution in [0.3, 0.4) is 0 Å². The number of aliphatic hydroxyl groups excluding tert-OH is 1. The van der Waals surface area contributed by atoms with E-state index in [9.17, 15) is 9.90 Å². The van der Waals surface area contributed by atoms with E-state index < -0.39 is 0 Å². The third-order valence-electron chi connectivity index (χ3n) is 4.60. The molecule has 0 radical (unpaired) electrons. The van der Waals surface area contributed by atoms with Crippen LogP contribution in [0.2, 0.25) is 0 Å². The van der Waals surface area contributed by atoms with E-state index in [1.807, 2.05) is 25.5 Å². The smallest absolute Gasteiger partial charge is 0.308 e. The summed E-state index contributed by atoms with van der Waals surface area (Å²) in [5, 5.41) is 14.8. The maximum atomic E-state index is 11.6. The third-order valence-corrected chi connectivity index (χ3v) is 4.60. The molecule has 118 valence electrons. The van der Waals surface area contributed by atoms with Gasteiger partial charge >= 0.3 is 5.97 Å². The largest absolute Gasteiger partial charge is 0.469 e. The fourth-order valence-electron chi connectivity index (χ4n) is 3.28. The van der Waals surface area contributed by atoms with Crippen molar-refractivity contribution in [2.24, 2.45) is 5.92 Å². The van der Waals surface area contributed by atoms with Crippen molar-refractivity contribution in [3.63, 3.8) is 0 Å². The normalized spacial score (nSPS) is 23.9. The van der Waals surface area contributed by atoms with Crippen LogP contribution in [0.25, 0.3) is 0 Å². The van der Waals surface area contributed by atoms with Crippen LogP contribution in [0.1, 0.15) is 55.6 Å². The number of nitrogens with zero attached hydrogens (tertiary/aromatic N) is 2. The highest BCUT2D eigenvalue weighted by Crippen LogP contribution is 2.31. The van der Waals surface area contributed by atoms with E-state index in [0.29, 0.717) is 6.42 Å². The second-order valence-corrected chi connectivity index (χ2v) is 6.14. The highest BCUT2D eigenvalue weighted by molar-refractivity contribution is 5.72. The molecule has 0 spiro atoms. The zero-order valence-electron chi connectivity index (χ0n) is 13.4. The Morgan fingerprint density at radius 2 is 2.10 bits per heavy atom. The van der Waals surface area contributed by atoms with Crippen molar-refractivity contribution in [2.45, 2.75) is 65.0 Å². The molecule has 2 rings (SSSR count). The monoisotopic (exact) mass is 294 g/mol. The minimum Gasteiger partial charge on any atom is -0.469 e. The van der Waals surface area contributed by atoms with Crippen LogP contribution in [0.4, 0.5) is 0 Å². The van der Waals surface area contributed by atoms with Crippen molar-refractivity contribution in [3.05, 3.63) is 17.0 Å². The molecule has 5 nitrogen and oxygen atoms in total. The molecular formula is C16H26N2O3. The summed E-state index contributed by atoms with van der Waals surface area (Å²) in [7, 11) is 1.42. The molecule has 21 heavy (non-hydrogen) atoms. The molecule has 1 aliphatic rings. The standard InChI is InChI=1S/C16H26N2O3/c1-10(16(20)21-4)9-13-11(2)17-18(12(13)3)14-7-5-6-8-15(14)19/h10,14-15,19H,5-9H2,1-4H3. The summed E-state index contributed by atoms with van der Waals surface area (Å²) in [5.41, 5.74) is 3.11. The van der Waals surface area contributed by atoms with E-state index in [1.165, 1.54) is 7.11 Å². The summed E-state index contributed by atoms with van der Waals surface area (Å²) >= 11 is 0. The SMILES string of the molecule is COC(=O)C(C)Cc1c(C)nn(C2CCCCC2O)c1C. The van der Waals surface area contributed by atoms with Gasteiger partial charge in [-0.25, -0.2) is 0 Å². The molecule has 1 N–H and O–H groups in total. The number of ether oxygens (including phenoxy) is 1. The predicted octanol–water partition coefficient (Wildman–Crippen LogP) is 2.33. The molecule has 0 bridgehead atoms. The van der Waals surface area contributed by atoms with E-state index in [4.69, 9.17) is 4.74 Å². The van der Waals surface area contributed by atoms with E-state index in [1.54, 1.807) is 0 Å². The number of hydrogen-bond acceptors (Lipinski definition) is 4. The summed E-state index contributed by atoms with van der Waals surface area (Å²) in [6.45, 7) is 5.87. The lowest BCUT2D eigenvalue weighted by Crippen LogP contribution is -2.29. The maximum absolute atomic E-state index is 11.6. The Hall–Kier alpha value is -1.36. The molecule has 0 amide bonds. The lowest BCUT2D eigenvalue weighted by atomic mass is 9.92. The molecule has 1 saturated carbocycles. The molecule has 1 aromatic rings. The first-order chi connectivity index (χ1) is 9.95. The van der Waals surface area contributed by atoms with Gasteiger partial charge in [-0.3, -0.25) is 9.48 Å². The van der Waals surface area contributed by atoms with E-state index in [0.717, 1.165) is 42.6 Å². The Labute approximate surface area is 126 Å². The maximum Gasteiger partial charge on any atom is 0.308 e. The van der Waals surface area contributed by atoms with Gasteiger partial charge in [0.25, 0.3) is 0 Å². The van der Waals surface area contributed by atoms with E-state index >= 15 is 0 Å². The Morgan fingerprint density at radius 3 is 2.71 bits per heavy atom. The summed E-state index contributed by atoms with van der Waals surface area (Å²) in [4.78, 5) is 11.6. The average molecular weight is 294 g/mol. The topological polar surface area (TPSA) is 64.3 Å². The van der Waals surface area contributed by atoms with Crippen molar-refractivity contribution in [1.29, 1.82) is 0 Å². The van der Waals surface area contributed by atoms with Gasteiger partial charge in [-0.1, -0.05) is 19.8 Å². The van der Waals surface area contributed by atoms with Crippen LogP contribution in [0.15, 0.2) is 0 Å². The van der Waals surface area contributed by atoms with Crippen LogP contribution in [0.5, 0.6) is 0 Å². The summed E-state index contributed by atoms with van der Waals surface area (Å²) in [6, 6.07) is 0.0691. The number of carbonyl (C=O) groups excluding carboxylic acids is 1. The van der Waals surface area contributed by atoms with Crippen LogP contribution in [-0.4, -0.2) is 34.1 Å². The molecule has 1 fully saturated rings. The van der Waals surface area contributed by atoms with Gasteiger partial charge in [0.1, 0.15) is 0 Å². The lowest BCUT2D eigenvalue weighted by molar-refractivity contribution is -0.144. The quantitative estimate of drug-likeness (QED) is 0.866. The molecule has 5 heteroatoms. The highest BCUT2D eigenvalue weighted by Gasteiger charge is 2.28. The number of aromatic nitrogens is 2. The first-order valence-electron chi connectivity index (χ1n) is 7.76. The van der Waals surface area contributed by atoms with Gasteiger partial charge < -0.3 is 9.84 Å². The second-order valence-electron chi connectivity index (χ2n) is 6.14. The van der Waals surface area contributed by atoms with Gasteiger partial charge in [0, 0.05) is 5.69 Å². The van der Waals surface area contributed by atoms with Gasteiger partial charge in [0.15, 0.2) is 0 Å². The van der Waals surface area contributed by atoms with Gasteiger partial charge in [-0.05, 0) is 38.7 Å². The second kappa shape index (κ2) is 6.60. The summed E-state index contributed by atoms with van der Waals surface area (Å²) in [5.74, 6) is -0.374. The minimum atomic E-state index is -0.317. The third kappa shape index (κ3) is 3.28. The zero-order valence-corrected chi connectivity index (χ0v) is 13.4.